The van der Waals surface area contributed by atoms with Gasteiger partial charge in [0.1, 0.15) is 15.9 Å². The summed E-state index contributed by atoms with van der Waals surface area (Å²) in [5.41, 5.74) is -2.14. The van der Waals surface area contributed by atoms with Crippen molar-refractivity contribution in [3.8, 4) is 5.75 Å². The molecule has 0 aliphatic heterocycles. The van der Waals surface area contributed by atoms with Gasteiger partial charge in [0.2, 0.25) is 0 Å². The van der Waals surface area contributed by atoms with Crippen molar-refractivity contribution in [3.05, 3.63) is 23.8 Å². The molecule has 8 heteroatoms. The van der Waals surface area contributed by atoms with Crippen LogP contribution >= 0.6 is 11.8 Å². The number of ether oxygens (including phenoxy) is 1. The van der Waals surface area contributed by atoms with Crippen LogP contribution in [0.25, 0.3) is 0 Å². The van der Waals surface area contributed by atoms with Gasteiger partial charge in [0.15, 0.2) is 5.44 Å². The molecule has 0 amide bonds. The second kappa shape index (κ2) is 6.98. The van der Waals surface area contributed by atoms with Gasteiger partial charge in [-0.2, -0.15) is 0 Å². The van der Waals surface area contributed by atoms with E-state index in [0.717, 1.165) is 4.90 Å². The SMILES string of the molecule is COc1cc(SC)ccc1C(O)S(=O)(=O)[O-].[Na+]. The Balaban J connectivity index is 0.00000256. The molecule has 1 N–H and O–H groups in total. The third kappa shape index (κ3) is 4.44. The molecular formula is C9H11NaO5S2. The van der Waals surface area contributed by atoms with Crippen LogP contribution in [-0.2, 0) is 10.1 Å². The van der Waals surface area contributed by atoms with Gasteiger partial charge in [-0.3, -0.25) is 0 Å². The molecule has 0 saturated heterocycles. The molecule has 1 rings (SSSR count). The topological polar surface area (TPSA) is 86.7 Å². The summed E-state index contributed by atoms with van der Waals surface area (Å²) in [7, 11) is -3.45. The zero-order chi connectivity index (χ0) is 12.3. The number of aliphatic hydroxyl groups excluding tert-OH is 1. The summed E-state index contributed by atoms with van der Waals surface area (Å²) in [5, 5.41) is 9.35. The monoisotopic (exact) mass is 286 g/mol. The van der Waals surface area contributed by atoms with E-state index in [1.54, 1.807) is 12.1 Å². The van der Waals surface area contributed by atoms with Crippen molar-refractivity contribution in [2.75, 3.05) is 13.4 Å². The minimum absolute atomic E-state index is 0. The van der Waals surface area contributed by atoms with Gasteiger partial charge in [-0.15, -0.1) is 11.8 Å². The molecule has 1 unspecified atom stereocenters. The second-order valence-corrected chi connectivity index (χ2v) is 5.26. The van der Waals surface area contributed by atoms with Crippen LogP contribution in [0.15, 0.2) is 23.1 Å². The maximum absolute atomic E-state index is 10.7. The van der Waals surface area contributed by atoms with Crippen LogP contribution in [-0.4, -0.2) is 31.4 Å². The van der Waals surface area contributed by atoms with Gasteiger partial charge in [-0.25, -0.2) is 8.42 Å². The maximum Gasteiger partial charge on any atom is 1.00 e. The molecule has 1 aromatic carbocycles. The predicted molar refractivity (Wildman–Crippen MR) is 59.4 cm³/mol. The summed E-state index contributed by atoms with van der Waals surface area (Å²) >= 11 is 1.44. The molecule has 1 aromatic rings. The molecule has 1 atom stereocenters. The zero-order valence-corrected chi connectivity index (χ0v) is 13.3. The van der Waals surface area contributed by atoms with Crippen LogP contribution in [0.1, 0.15) is 11.0 Å². The van der Waals surface area contributed by atoms with Gasteiger partial charge in [0.25, 0.3) is 0 Å². The van der Waals surface area contributed by atoms with Crippen molar-refractivity contribution in [1.29, 1.82) is 0 Å². The Hall–Kier alpha value is 0.240. The molecule has 0 radical (unpaired) electrons. The second-order valence-electron chi connectivity index (χ2n) is 2.95. The Morgan fingerprint density at radius 3 is 2.47 bits per heavy atom. The molecule has 0 aliphatic rings. The quantitative estimate of drug-likeness (QED) is 0.390. The van der Waals surface area contributed by atoms with Crippen LogP contribution in [0.3, 0.4) is 0 Å². The molecule has 0 aromatic heterocycles. The van der Waals surface area contributed by atoms with Crippen LogP contribution < -0.4 is 34.3 Å². The summed E-state index contributed by atoms with van der Waals surface area (Å²) < 4.78 is 37.0. The number of thioether (sulfide) groups is 1. The first-order valence-corrected chi connectivity index (χ1v) is 6.94. The van der Waals surface area contributed by atoms with E-state index in [1.807, 2.05) is 6.26 Å². The van der Waals surface area contributed by atoms with Crippen molar-refractivity contribution in [2.24, 2.45) is 0 Å². The van der Waals surface area contributed by atoms with Gasteiger partial charge in [0, 0.05) is 10.5 Å². The normalized spacial score (nSPS) is 12.7. The Kier molecular flexibility index (Phi) is 7.08. The first-order chi connectivity index (χ1) is 7.40. The van der Waals surface area contributed by atoms with E-state index in [1.165, 1.54) is 24.9 Å². The molecule has 0 heterocycles. The molecule has 5 nitrogen and oxygen atoms in total. The van der Waals surface area contributed by atoms with Crippen LogP contribution in [0, 0.1) is 0 Å². The average molecular weight is 286 g/mol. The van der Waals surface area contributed by atoms with Crippen molar-refractivity contribution >= 4 is 21.9 Å². The van der Waals surface area contributed by atoms with E-state index in [4.69, 9.17) is 4.74 Å². The fourth-order valence-corrected chi connectivity index (χ4v) is 2.11. The van der Waals surface area contributed by atoms with Crippen molar-refractivity contribution in [2.45, 2.75) is 10.3 Å². The number of rotatable bonds is 4. The zero-order valence-electron chi connectivity index (χ0n) is 9.71. The number of benzene rings is 1. The van der Waals surface area contributed by atoms with Gasteiger partial charge in [-0.05, 0) is 18.4 Å². The number of aliphatic hydroxyl groups is 1. The third-order valence-corrected chi connectivity index (χ3v) is 3.51. The Morgan fingerprint density at radius 2 is 2.06 bits per heavy atom. The summed E-state index contributed by atoms with van der Waals surface area (Å²) in [6.07, 6.45) is 1.84. The van der Waals surface area contributed by atoms with E-state index in [-0.39, 0.29) is 40.9 Å². The van der Waals surface area contributed by atoms with Gasteiger partial charge < -0.3 is 14.4 Å². The molecule has 0 fully saturated rings. The first kappa shape index (κ1) is 17.2. The van der Waals surface area contributed by atoms with E-state index < -0.39 is 15.6 Å². The molecule has 0 saturated carbocycles. The minimum atomic E-state index is -4.79. The number of hydrogen-bond acceptors (Lipinski definition) is 6. The van der Waals surface area contributed by atoms with Crippen molar-refractivity contribution in [1.82, 2.24) is 0 Å². The Morgan fingerprint density at radius 1 is 1.47 bits per heavy atom. The van der Waals surface area contributed by atoms with Gasteiger partial charge in [0.05, 0.1) is 7.11 Å². The van der Waals surface area contributed by atoms with Gasteiger partial charge in [-0.1, -0.05) is 6.07 Å². The number of hydrogen-bond donors (Lipinski definition) is 1. The Labute approximate surface area is 127 Å². The van der Waals surface area contributed by atoms with E-state index in [2.05, 4.69) is 0 Å². The van der Waals surface area contributed by atoms with Crippen LogP contribution in [0.4, 0.5) is 0 Å². The van der Waals surface area contributed by atoms with Crippen molar-refractivity contribution in [3.63, 3.8) is 0 Å². The maximum atomic E-state index is 10.7. The molecule has 0 spiro atoms. The van der Waals surface area contributed by atoms with Crippen LogP contribution in [0.5, 0.6) is 5.75 Å². The van der Waals surface area contributed by atoms with E-state index in [9.17, 15) is 18.1 Å². The predicted octanol–water partition coefficient (Wildman–Crippen LogP) is -2.04. The molecule has 17 heavy (non-hydrogen) atoms. The molecule has 0 bridgehead atoms. The summed E-state index contributed by atoms with van der Waals surface area (Å²) in [6.45, 7) is 0. The summed E-state index contributed by atoms with van der Waals surface area (Å²) in [5.74, 6) is 0.179. The fourth-order valence-electron chi connectivity index (χ4n) is 1.18. The number of methoxy groups -OCH3 is 1. The van der Waals surface area contributed by atoms with Gasteiger partial charge >= 0.3 is 29.6 Å². The third-order valence-electron chi connectivity index (χ3n) is 1.98. The smallest absolute Gasteiger partial charge is 0.746 e. The summed E-state index contributed by atoms with van der Waals surface area (Å²) in [6, 6.07) is 4.54. The molecule has 0 aliphatic carbocycles. The molecular weight excluding hydrogens is 275 g/mol. The summed E-state index contributed by atoms with van der Waals surface area (Å²) in [4.78, 5) is 0.844. The van der Waals surface area contributed by atoms with E-state index in [0.29, 0.717) is 0 Å². The Bertz CT molecular complexity index is 474. The van der Waals surface area contributed by atoms with E-state index >= 15 is 0 Å². The first-order valence-electron chi connectivity index (χ1n) is 4.25. The minimum Gasteiger partial charge on any atom is -0.746 e. The average Bonchev–Trinajstić information content (AvgIpc) is 2.26. The molecule has 90 valence electrons. The fraction of sp³-hybridized carbons (Fsp3) is 0.333. The standard InChI is InChI=1S/C9H12O5S2.Na/c1-14-8-5-6(15-2)3-4-7(8)9(10)16(11,12)13;/h3-5,9-10H,1-2H3,(H,11,12,13);/q;+1/p-1. The van der Waals surface area contributed by atoms with Crippen LogP contribution in [0.2, 0.25) is 0 Å². The van der Waals surface area contributed by atoms with Crippen molar-refractivity contribution < 1.29 is 52.4 Å². The largest absolute Gasteiger partial charge is 1.00 e.